The number of nitrogens with zero attached hydrogens (tertiary/aromatic N) is 3. The Balaban J connectivity index is 1.54. The van der Waals surface area contributed by atoms with Crippen molar-refractivity contribution in [2.24, 2.45) is 16.6 Å². The largest absolute Gasteiger partial charge is 0.400 e. The van der Waals surface area contributed by atoms with Gasteiger partial charge < -0.3 is 31.5 Å². The van der Waals surface area contributed by atoms with Gasteiger partial charge in [0, 0.05) is 57.9 Å². The van der Waals surface area contributed by atoms with E-state index in [-0.39, 0.29) is 12.2 Å². The van der Waals surface area contributed by atoms with E-state index in [1.165, 1.54) is 17.8 Å². The summed E-state index contributed by atoms with van der Waals surface area (Å²) in [5.74, 6) is 2.29. The predicted molar refractivity (Wildman–Crippen MR) is 179 cm³/mol. The summed E-state index contributed by atoms with van der Waals surface area (Å²) in [6, 6.07) is 5.38. The van der Waals surface area contributed by atoms with Crippen LogP contribution in [0.4, 0.5) is 4.39 Å². The third kappa shape index (κ3) is 5.92. The number of nitrogens with one attached hydrogen (secondary N) is 3. The molecule has 0 saturated carbocycles. The minimum absolute atomic E-state index is 0.255. The van der Waals surface area contributed by atoms with E-state index in [2.05, 4.69) is 47.1 Å². The molecular weight excluding hydrogens is 609 g/mol. The molecule has 0 amide bonds. The molecule has 11 heteroatoms. The summed E-state index contributed by atoms with van der Waals surface area (Å²) in [7, 11) is 0. The Labute approximate surface area is 272 Å². The first-order chi connectivity index (χ1) is 21.8. The maximum absolute atomic E-state index is 16.0. The lowest BCUT2D eigenvalue weighted by atomic mass is 9.85. The van der Waals surface area contributed by atoms with Gasteiger partial charge >= 0.3 is 0 Å². The molecule has 0 bridgehead atoms. The Bertz CT molecular complexity index is 1740. The first-order valence-electron chi connectivity index (χ1n) is 15.2. The summed E-state index contributed by atoms with van der Waals surface area (Å²) >= 11 is 8.78. The van der Waals surface area contributed by atoms with Gasteiger partial charge in [0.05, 0.1) is 36.1 Å². The molecule has 0 radical (unpaired) electrons. The van der Waals surface area contributed by atoms with Gasteiger partial charge in [0.25, 0.3) is 0 Å². The second-order valence-corrected chi connectivity index (χ2v) is 13.1. The number of hydrogen-bond acceptors (Lipinski definition) is 8. The number of likely N-dealkylation sites (tertiary alicyclic amines) is 1. The van der Waals surface area contributed by atoms with E-state index in [0.717, 1.165) is 64.6 Å². The van der Waals surface area contributed by atoms with E-state index in [1.54, 1.807) is 6.07 Å². The number of nitriles is 1. The minimum atomic E-state index is -0.459. The number of hydrogen-bond donors (Lipinski definition) is 4. The summed E-state index contributed by atoms with van der Waals surface area (Å²) in [4.78, 5) is 8.28. The Kier molecular flexibility index (Phi) is 9.13. The van der Waals surface area contributed by atoms with Crippen molar-refractivity contribution in [1.29, 1.82) is 5.26 Å². The van der Waals surface area contributed by atoms with Crippen molar-refractivity contribution in [1.82, 2.24) is 21.1 Å². The van der Waals surface area contributed by atoms with Crippen molar-refractivity contribution in [2.75, 3.05) is 25.4 Å². The topological polar surface area (TPSA) is 111 Å². The standard InChI is InChI=1S/C34H37ClFN7OS/c1-4-6-28(43-12-10-19(2)15-43)41-34(39-14-21-7-5-11-40-42-21)29-20(3)33(35)31(24-17-44-16-23(24)29)32-25(36)8-9-27-30(32)22(13-37)26(38)18-45-27/h5-9,11,19,40,42H,4,10,12,14-18,38H2,1-3H3,(H,39,41)/b28-6-. The zero-order valence-corrected chi connectivity index (χ0v) is 27.3. The Hall–Kier alpha value is -3.91. The highest BCUT2D eigenvalue weighted by Gasteiger charge is 2.33. The number of ether oxygens (including phenoxy) is 1. The lowest BCUT2D eigenvalue weighted by Crippen LogP contribution is -2.36. The fourth-order valence-electron chi connectivity index (χ4n) is 6.35. The molecule has 2 aromatic rings. The number of halogens is 2. The first kappa shape index (κ1) is 31.1. The van der Waals surface area contributed by atoms with Crippen LogP contribution >= 0.6 is 23.4 Å². The van der Waals surface area contributed by atoms with E-state index in [4.69, 9.17) is 27.1 Å². The highest BCUT2D eigenvalue weighted by molar-refractivity contribution is 7.99. The fraction of sp³-hybridized carbons (Fsp3) is 0.353. The number of rotatable bonds is 7. The third-order valence-corrected chi connectivity index (χ3v) is 10.2. The number of aliphatic imine (C=N–C) groups is 1. The summed E-state index contributed by atoms with van der Waals surface area (Å²) in [5, 5.41) is 14.2. The van der Waals surface area contributed by atoms with Gasteiger partial charge in [-0.3, -0.25) is 4.99 Å². The number of thioether (sulfide) groups is 1. The predicted octanol–water partition coefficient (Wildman–Crippen LogP) is 6.22. The van der Waals surface area contributed by atoms with Crippen LogP contribution < -0.4 is 21.9 Å². The van der Waals surface area contributed by atoms with Crippen LogP contribution in [-0.4, -0.2) is 36.1 Å². The van der Waals surface area contributed by atoms with Crippen molar-refractivity contribution in [3.8, 4) is 17.2 Å². The van der Waals surface area contributed by atoms with Gasteiger partial charge in [0.2, 0.25) is 0 Å². The molecular formula is C34H37ClFN7OS. The van der Waals surface area contributed by atoms with Crippen molar-refractivity contribution in [3.05, 3.63) is 92.4 Å². The smallest absolute Gasteiger partial charge is 0.134 e. The van der Waals surface area contributed by atoms with Crippen LogP contribution in [0.15, 0.2) is 63.7 Å². The average molecular weight is 646 g/mol. The summed E-state index contributed by atoms with van der Waals surface area (Å²) in [6.07, 6.45) is 9.90. The van der Waals surface area contributed by atoms with Gasteiger partial charge in [0.15, 0.2) is 0 Å². The molecule has 1 saturated heterocycles. The molecule has 234 valence electrons. The van der Waals surface area contributed by atoms with Gasteiger partial charge in [-0.2, -0.15) is 5.26 Å². The number of fused-ring (bicyclic) bond motifs is 2. The van der Waals surface area contributed by atoms with Gasteiger partial charge in [-0.25, -0.2) is 4.39 Å². The van der Waals surface area contributed by atoms with Crippen molar-refractivity contribution in [3.63, 3.8) is 0 Å². The van der Waals surface area contributed by atoms with Crippen LogP contribution in [0.25, 0.3) is 16.7 Å². The second kappa shape index (κ2) is 13.2. The lowest BCUT2D eigenvalue weighted by Gasteiger charge is -2.27. The van der Waals surface area contributed by atoms with Crippen LogP contribution in [0.3, 0.4) is 0 Å². The molecule has 1 unspecified atom stereocenters. The molecule has 0 aromatic heterocycles. The highest BCUT2D eigenvalue weighted by atomic mass is 35.5. The summed E-state index contributed by atoms with van der Waals surface area (Å²) in [6.45, 7) is 9.22. The van der Waals surface area contributed by atoms with Crippen LogP contribution in [0.5, 0.6) is 0 Å². The zero-order chi connectivity index (χ0) is 31.7. The number of hydrazine groups is 1. The molecule has 8 nitrogen and oxygen atoms in total. The van der Waals surface area contributed by atoms with Crippen LogP contribution in [-0.2, 0) is 18.0 Å². The van der Waals surface area contributed by atoms with Crippen molar-refractivity contribution in [2.45, 2.75) is 51.7 Å². The Morgan fingerprint density at radius 2 is 2.13 bits per heavy atom. The quantitative estimate of drug-likeness (QED) is 0.208. The zero-order valence-electron chi connectivity index (χ0n) is 25.7. The van der Waals surface area contributed by atoms with E-state index >= 15 is 4.39 Å². The molecule has 4 aliphatic heterocycles. The Morgan fingerprint density at radius 1 is 1.31 bits per heavy atom. The first-order valence-corrected chi connectivity index (χ1v) is 16.6. The highest BCUT2D eigenvalue weighted by Crippen LogP contribution is 2.49. The van der Waals surface area contributed by atoms with Gasteiger partial charge in [-0.05, 0) is 72.7 Å². The van der Waals surface area contributed by atoms with E-state index < -0.39 is 5.82 Å². The molecule has 4 heterocycles. The normalized spacial score (nSPS) is 19.5. The van der Waals surface area contributed by atoms with E-state index in [9.17, 15) is 5.26 Å². The molecule has 1 atom stereocenters. The van der Waals surface area contributed by atoms with Crippen LogP contribution in [0.1, 0.15) is 54.5 Å². The molecule has 1 fully saturated rings. The van der Waals surface area contributed by atoms with Crippen LogP contribution in [0.2, 0.25) is 5.02 Å². The molecule has 0 aliphatic carbocycles. The van der Waals surface area contributed by atoms with Crippen molar-refractivity contribution < 1.29 is 9.13 Å². The number of nitrogens with two attached hydrogens (primary N) is 1. The van der Waals surface area contributed by atoms with Gasteiger partial charge in [-0.15, -0.1) is 11.8 Å². The SMILES string of the molecule is CC/C=C(/NC(=NCC1=CC=CNN1)c1c(C)c(Cl)c(-c2c(F)ccc3c2C(C#N)=C(N)CS3)c2c1COC2)N1CCC(C)C1. The minimum Gasteiger partial charge on any atom is -0.400 e. The molecule has 4 aliphatic rings. The van der Waals surface area contributed by atoms with E-state index in [1.807, 2.05) is 25.3 Å². The van der Waals surface area contributed by atoms with Gasteiger partial charge in [0.1, 0.15) is 23.5 Å². The molecule has 45 heavy (non-hydrogen) atoms. The Morgan fingerprint density at radius 3 is 2.84 bits per heavy atom. The second-order valence-electron chi connectivity index (χ2n) is 11.7. The van der Waals surface area contributed by atoms with Crippen LogP contribution in [0, 0.1) is 30.0 Å². The van der Waals surface area contributed by atoms with Gasteiger partial charge in [-0.1, -0.05) is 25.4 Å². The number of amidine groups is 1. The summed E-state index contributed by atoms with van der Waals surface area (Å²) in [5.41, 5.74) is 18.7. The number of benzene rings is 2. The monoisotopic (exact) mass is 645 g/mol. The van der Waals surface area contributed by atoms with Crippen molar-refractivity contribution >= 4 is 34.8 Å². The lowest BCUT2D eigenvalue weighted by molar-refractivity contribution is 0.134. The maximum atomic E-state index is 16.0. The molecule has 5 N–H and O–H groups in total. The maximum Gasteiger partial charge on any atom is 0.134 e. The molecule has 6 rings (SSSR count). The molecule has 0 spiro atoms. The summed E-state index contributed by atoms with van der Waals surface area (Å²) < 4.78 is 22.0. The molecule has 2 aromatic carbocycles. The fourth-order valence-corrected chi connectivity index (χ4v) is 7.62. The van der Waals surface area contributed by atoms with E-state index in [0.29, 0.717) is 58.1 Å². The average Bonchev–Trinajstić information content (AvgIpc) is 3.70. The third-order valence-electron chi connectivity index (χ3n) is 8.58. The number of allylic oxidation sites excluding steroid dienone is 4.